The third-order valence-corrected chi connectivity index (χ3v) is 2.85. The molecule has 2 aromatic carbocycles. The Kier molecular flexibility index (Phi) is 3.68. The number of aryl methyl sites for hydroxylation is 1. The predicted molar refractivity (Wildman–Crippen MR) is 70.5 cm³/mol. The van der Waals surface area contributed by atoms with Crippen molar-refractivity contribution in [3.8, 4) is 6.07 Å². The van der Waals surface area contributed by atoms with Crippen LogP contribution >= 0.6 is 11.6 Å². The smallest absolute Gasteiger partial charge is 0.147 e. The Labute approximate surface area is 114 Å². The van der Waals surface area contributed by atoms with Gasteiger partial charge in [-0.25, -0.2) is 8.78 Å². The molecule has 0 saturated heterocycles. The summed E-state index contributed by atoms with van der Waals surface area (Å²) in [5.74, 6) is -1.10. The molecule has 0 atom stereocenters. The largest absolute Gasteiger partial charge is 0.352 e. The molecule has 0 aliphatic rings. The van der Waals surface area contributed by atoms with Gasteiger partial charge < -0.3 is 5.32 Å². The molecule has 0 aliphatic heterocycles. The maximum Gasteiger partial charge on any atom is 0.147 e. The number of hydrogen-bond acceptors (Lipinski definition) is 2. The maximum atomic E-state index is 13.7. The highest BCUT2D eigenvalue weighted by Gasteiger charge is 2.10. The minimum absolute atomic E-state index is 0.0260. The fourth-order valence-electron chi connectivity index (χ4n) is 1.61. The number of nitrogens with one attached hydrogen (secondary N) is 1. The lowest BCUT2D eigenvalue weighted by atomic mass is 10.1. The molecule has 0 amide bonds. The quantitative estimate of drug-likeness (QED) is 0.875. The first-order valence-corrected chi connectivity index (χ1v) is 5.81. The lowest BCUT2D eigenvalue weighted by Crippen LogP contribution is -1.98. The van der Waals surface area contributed by atoms with Gasteiger partial charge in [0.1, 0.15) is 17.7 Å². The van der Waals surface area contributed by atoms with Crippen molar-refractivity contribution < 1.29 is 8.78 Å². The Morgan fingerprint density at radius 1 is 1.11 bits per heavy atom. The Hall–Kier alpha value is -2.12. The third kappa shape index (κ3) is 2.83. The van der Waals surface area contributed by atoms with Gasteiger partial charge in [-0.1, -0.05) is 11.6 Å². The minimum Gasteiger partial charge on any atom is -0.352 e. The normalized spacial score (nSPS) is 10.1. The van der Waals surface area contributed by atoms with Crippen molar-refractivity contribution >= 4 is 23.0 Å². The molecule has 2 nitrogen and oxygen atoms in total. The van der Waals surface area contributed by atoms with E-state index in [1.165, 1.54) is 19.1 Å². The molecule has 0 radical (unpaired) electrons. The summed E-state index contributed by atoms with van der Waals surface area (Å²) in [6.07, 6.45) is 0. The number of nitrogens with zero attached hydrogens (tertiary/aromatic N) is 1. The van der Waals surface area contributed by atoms with Crippen LogP contribution in [0.3, 0.4) is 0 Å². The van der Waals surface area contributed by atoms with E-state index >= 15 is 0 Å². The van der Waals surface area contributed by atoms with Crippen LogP contribution < -0.4 is 5.32 Å². The Balaban J connectivity index is 2.42. The van der Waals surface area contributed by atoms with Gasteiger partial charge in [-0.05, 0) is 36.8 Å². The molecular weight excluding hydrogens is 270 g/mol. The number of nitriles is 1. The fraction of sp³-hybridized carbons (Fsp3) is 0.0714. The van der Waals surface area contributed by atoms with Crippen LogP contribution in [0.5, 0.6) is 0 Å². The van der Waals surface area contributed by atoms with Gasteiger partial charge in [-0.2, -0.15) is 5.26 Å². The Morgan fingerprint density at radius 3 is 2.53 bits per heavy atom. The topological polar surface area (TPSA) is 35.8 Å². The van der Waals surface area contributed by atoms with Gasteiger partial charge in [0.2, 0.25) is 0 Å². The van der Waals surface area contributed by atoms with E-state index in [2.05, 4.69) is 5.32 Å². The van der Waals surface area contributed by atoms with Crippen LogP contribution in [-0.2, 0) is 0 Å². The van der Waals surface area contributed by atoms with Crippen LogP contribution in [0.1, 0.15) is 11.1 Å². The van der Waals surface area contributed by atoms with Crippen molar-refractivity contribution in [1.82, 2.24) is 0 Å². The zero-order chi connectivity index (χ0) is 14.0. The van der Waals surface area contributed by atoms with E-state index in [4.69, 9.17) is 16.9 Å². The minimum atomic E-state index is -0.585. The summed E-state index contributed by atoms with van der Waals surface area (Å²) in [4.78, 5) is 0. The molecule has 2 aromatic rings. The molecule has 2 rings (SSSR count). The van der Waals surface area contributed by atoms with Gasteiger partial charge in [0.25, 0.3) is 0 Å². The van der Waals surface area contributed by atoms with Gasteiger partial charge in [-0.3, -0.25) is 0 Å². The van der Waals surface area contributed by atoms with E-state index in [-0.39, 0.29) is 16.8 Å². The summed E-state index contributed by atoms with van der Waals surface area (Å²) in [6, 6.07) is 8.64. The van der Waals surface area contributed by atoms with E-state index < -0.39 is 11.6 Å². The SMILES string of the molecule is Cc1cc(F)c(Nc2ccc(Cl)cc2C#N)cc1F. The first kappa shape index (κ1) is 13.3. The van der Waals surface area contributed by atoms with Crippen LogP contribution in [0.4, 0.5) is 20.2 Å². The van der Waals surface area contributed by atoms with E-state index in [9.17, 15) is 8.78 Å². The molecule has 0 bridgehead atoms. The first-order chi connectivity index (χ1) is 9.01. The molecule has 19 heavy (non-hydrogen) atoms. The molecule has 0 heterocycles. The predicted octanol–water partition coefficient (Wildman–Crippen LogP) is 4.54. The molecular formula is C14H9ClF2N2. The average molecular weight is 279 g/mol. The molecule has 0 fully saturated rings. The summed E-state index contributed by atoms with van der Waals surface area (Å²) in [5.41, 5.74) is 0.823. The molecule has 0 saturated carbocycles. The zero-order valence-electron chi connectivity index (χ0n) is 9.97. The summed E-state index contributed by atoms with van der Waals surface area (Å²) in [5, 5.41) is 12.1. The molecule has 0 aromatic heterocycles. The van der Waals surface area contributed by atoms with Crippen LogP contribution in [0, 0.1) is 29.9 Å². The van der Waals surface area contributed by atoms with Gasteiger partial charge in [-0.15, -0.1) is 0 Å². The van der Waals surface area contributed by atoms with Crippen LogP contribution in [-0.4, -0.2) is 0 Å². The summed E-state index contributed by atoms with van der Waals surface area (Å²) < 4.78 is 27.1. The Morgan fingerprint density at radius 2 is 1.84 bits per heavy atom. The van der Waals surface area contributed by atoms with Crippen molar-refractivity contribution in [3.05, 3.63) is 58.1 Å². The van der Waals surface area contributed by atoms with Crippen LogP contribution in [0.25, 0.3) is 0 Å². The van der Waals surface area contributed by atoms with Gasteiger partial charge >= 0.3 is 0 Å². The molecule has 96 valence electrons. The highest BCUT2D eigenvalue weighted by Crippen LogP contribution is 2.26. The van der Waals surface area contributed by atoms with E-state index in [1.54, 1.807) is 6.07 Å². The summed E-state index contributed by atoms with van der Waals surface area (Å²) >= 11 is 5.76. The second-order valence-electron chi connectivity index (χ2n) is 4.01. The number of hydrogen-bond donors (Lipinski definition) is 1. The van der Waals surface area contributed by atoms with Gasteiger partial charge in [0.15, 0.2) is 0 Å². The van der Waals surface area contributed by atoms with Crippen molar-refractivity contribution in [2.45, 2.75) is 6.92 Å². The number of anilines is 2. The molecule has 0 spiro atoms. The average Bonchev–Trinajstić information content (AvgIpc) is 2.37. The Bertz CT molecular complexity index is 678. The van der Waals surface area contributed by atoms with Gasteiger partial charge in [0, 0.05) is 11.1 Å². The lowest BCUT2D eigenvalue weighted by Gasteiger charge is -2.10. The van der Waals surface area contributed by atoms with Crippen LogP contribution in [0.15, 0.2) is 30.3 Å². The monoisotopic (exact) mass is 278 g/mol. The first-order valence-electron chi connectivity index (χ1n) is 5.43. The molecule has 0 aliphatic carbocycles. The number of rotatable bonds is 2. The summed E-state index contributed by atoms with van der Waals surface area (Å²) in [6.45, 7) is 1.48. The van der Waals surface area contributed by atoms with Crippen molar-refractivity contribution in [3.63, 3.8) is 0 Å². The standard InChI is InChI=1S/C14H9ClF2N2/c1-8-4-12(17)14(6-11(8)16)19-13-3-2-10(15)5-9(13)7-18/h2-6,19H,1H3. The molecule has 1 N–H and O–H groups in total. The second-order valence-corrected chi connectivity index (χ2v) is 4.44. The highest BCUT2D eigenvalue weighted by molar-refractivity contribution is 6.30. The number of benzene rings is 2. The molecule has 5 heteroatoms. The second kappa shape index (κ2) is 5.25. The third-order valence-electron chi connectivity index (χ3n) is 2.62. The highest BCUT2D eigenvalue weighted by atomic mass is 35.5. The van der Waals surface area contributed by atoms with Crippen molar-refractivity contribution in [1.29, 1.82) is 5.26 Å². The molecule has 0 unspecified atom stereocenters. The van der Waals surface area contributed by atoms with E-state index in [0.29, 0.717) is 10.7 Å². The zero-order valence-corrected chi connectivity index (χ0v) is 10.7. The lowest BCUT2D eigenvalue weighted by molar-refractivity contribution is 0.595. The van der Waals surface area contributed by atoms with Crippen LogP contribution in [0.2, 0.25) is 5.02 Å². The summed E-state index contributed by atoms with van der Waals surface area (Å²) in [7, 11) is 0. The van der Waals surface area contributed by atoms with Crippen molar-refractivity contribution in [2.75, 3.05) is 5.32 Å². The van der Waals surface area contributed by atoms with Gasteiger partial charge in [0.05, 0.1) is 16.9 Å². The van der Waals surface area contributed by atoms with E-state index in [1.807, 2.05) is 6.07 Å². The van der Waals surface area contributed by atoms with Crippen molar-refractivity contribution in [2.24, 2.45) is 0 Å². The van der Waals surface area contributed by atoms with E-state index in [0.717, 1.165) is 12.1 Å². The fourth-order valence-corrected chi connectivity index (χ4v) is 1.78. The number of halogens is 3. The maximum absolute atomic E-state index is 13.7.